The Morgan fingerprint density at radius 2 is 1.52 bits per heavy atom. The van der Waals surface area contributed by atoms with Crippen molar-refractivity contribution >= 4 is 11.9 Å². The summed E-state index contributed by atoms with van der Waals surface area (Å²) >= 11 is 0. The summed E-state index contributed by atoms with van der Waals surface area (Å²) in [6, 6.07) is 0. The van der Waals surface area contributed by atoms with E-state index in [0.29, 0.717) is 24.4 Å². The van der Waals surface area contributed by atoms with E-state index in [4.69, 9.17) is 0 Å². The standard InChI is InChI=1S/C13H20N8/c1-6-11-16-10(3)18-13(19-11)21(5)8-20(4)12-15-7-14-9(2)17-12/h7H,6,8H2,1-5H3. The first kappa shape index (κ1) is 15.0. The van der Waals surface area contributed by atoms with Crippen LogP contribution in [0.15, 0.2) is 6.33 Å². The fraction of sp³-hybridized carbons (Fsp3) is 0.538. The number of hydrogen-bond acceptors (Lipinski definition) is 8. The van der Waals surface area contributed by atoms with Gasteiger partial charge in [-0.15, -0.1) is 0 Å². The van der Waals surface area contributed by atoms with Crippen molar-refractivity contribution in [1.29, 1.82) is 0 Å². The maximum absolute atomic E-state index is 4.44. The Kier molecular flexibility index (Phi) is 4.56. The molecule has 2 aromatic heterocycles. The van der Waals surface area contributed by atoms with Crippen molar-refractivity contribution in [2.75, 3.05) is 30.6 Å². The lowest BCUT2D eigenvalue weighted by Gasteiger charge is -2.24. The van der Waals surface area contributed by atoms with Crippen molar-refractivity contribution in [1.82, 2.24) is 29.9 Å². The molecule has 8 heteroatoms. The molecule has 0 amide bonds. The van der Waals surface area contributed by atoms with Crippen LogP contribution in [0.1, 0.15) is 24.4 Å². The first-order chi connectivity index (χ1) is 9.99. The summed E-state index contributed by atoms with van der Waals surface area (Å²) < 4.78 is 0. The van der Waals surface area contributed by atoms with Crippen molar-refractivity contribution in [3.63, 3.8) is 0 Å². The molecule has 0 aromatic carbocycles. The first-order valence-corrected chi connectivity index (χ1v) is 6.79. The summed E-state index contributed by atoms with van der Waals surface area (Å²) in [5.74, 6) is 3.48. The Hall–Kier alpha value is -2.38. The molecular formula is C13H20N8. The molecule has 0 saturated heterocycles. The normalized spacial score (nSPS) is 10.5. The third kappa shape index (κ3) is 3.80. The van der Waals surface area contributed by atoms with Gasteiger partial charge >= 0.3 is 0 Å². The smallest absolute Gasteiger partial charge is 0.230 e. The second-order valence-corrected chi connectivity index (χ2v) is 4.82. The third-order valence-corrected chi connectivity index (χ3v) is 2.88. The van der Waals surface area contributed by atoms with E-state index < -0.39 is 0 Å². The lowest BCUT2D eigenvalue weighted by molar-refractivity contribution is 0.761. The van der Waals surface area contributed by atoms with E-state index in [0.717, 1.165) is 18.1 Å². The highest BCUT2D eigenvalue weighted by Crippen LogP contribution is 2.09. The van der Waals surface area contributed by atoms with Crippen LogP contribution in [0.3, 0.4) is 0 Å². The van der Waals surface area contributed by atoms with Crippen LogP contribution >= 0.6 is 0 Å². The molecule has 0 N–H and O–H groups in total. The third-order valence-electron chi connectivity index (χ3n) is 2.88. The van der Waals surface area contributed by atoms with Gasteiger partial charge in [0.15, 0.2) is 0 Å². The molecule has 0 aliphatic carbocycles. The molecule has 21 heavy (non-hydrogen) atoms. The van der Waals surface area contributed by atoms with Crippen molar-refractivity contribution in [2.45, 2.75) is 27.2 Å². The van der Waals surface area contributed by atoms with Gasteiger partial charge in [0.2, 0.25) is 11.9 Å². The van der Waals surface area contributed by atoms with E-state index in [1.807, 2.05) is 44.7 Å². The molecular weight excluding hydrogens is 268 g/mol. The van der Waals surface area contributed by atoms with Gasteiger partial charge in [0.25, 0.3) is 0 Å². The zero-order valence-electron chi connectivity index (χ0n) is 13.1. The van der Waals surface area contributed by atoms with E-state index in [-0.39, 0.29) is 0 Å². The van der Waals surface area contributed by atoms with E-state index in [1.54, 1.807) is 0 Å². The van der Waals surface area contributed by atoms with Gasteiger partial charge in [-0.1, -0.05) is 6.92 Å². The molecule has 8 nitrogen and oxygen atoms in total. The lowest BCUT2D eigenvalue weighted by Crippen LogP contribution is -2.35. The fourth-order valence-corrected chi connectivity index (χ4v) is 1.85. The number of aryl methyl sites for hydroxylation is 3. The first-order valence-electron chi connectivity index (χ1n) is 6.79. The zero-order chi connectivity index (χ0) is 15.4. The van der Waals surface area contributed by atoms with Crippen LogP contribution in [-0.2, 0) is 6.42 Å². The molecule has 0 unspecified atom stereocenters. The van der Waals surface area contributed by atoms with Gasteiger partial charge in [0, 0.05) is 20.5 Å². The summed E-state index contributed by atoms with van der Waals surface area (Å²) in [6.07, 6.45) is 2.29. The maximum Gasteiger partial charge on any atom is 0.230 e. The minimum Gasteiger partial charge on any atom is -0.326 e. The fourth-order valence-electron chi connectivity index (χ4n) is 1.85. The summed E-state index contributed by atoms with van der Waals surface area (Å²) in [7, 11) is 3.85. The largest absolute Gasteiger partial charge is 0.326 e. The molecule has 2 aromatic rings. The second kappa shape index (κ2) is 6.38. The molecule has 0 bridgehead atoms. The molecule has 2 heterocycles. The monoisotopic (exact) mass is 288 g/mol. The van der Waals surface area contributed by atoms with E-state index in [2.05, 4.69) is 29.9 Å². The molecule has 2 rings (SSSR count). The average molecular weight is 288 g/mol. The average Bonchev–Trinajstić information content (AvgIpc) is 2.46. The molecule has 0 spiro atoms. The van der Waals surface area contributed by atoms with Crippen LogP contribution in [0.2, 0.25) is 0 Å². The van der Waals surface area contributed by atoms with Gasteiger partial charge in [0.1, 0.15) is 23.8 Å². The molecule has 0 radical (unpaired) electrons. The second-order valence-electron chi connectivity index (χ2n) is 4.82. The molecule has 112 valence electrons. The highest BCUT2D eigenvalue weighted by Gasteiger charge is 2.12. The predicted octanol–water partition coefficient (Wildman–Crippen LogP) is 0.766. The minimum absolute atomic E-state index is 0.566. The molecule has 0 aliphatic heterocycles. The quantitative estimate of drug-likeness (QED) is 0.746. The van der Waals surface area contributed by atoms with E-state index in [9.17, 15) is 0 Å². The van der Waals surface area contributed by atoms with Crippen molar-refractivity contribution < 1.29 is 0 Å². The molecule has 0 saturated carbocycles. The van der Waals surface area contributed by atoms with Crippen LogP contribution in [0.5, 0.6) is 0 Å². The number of rotatable bonds is 5. The van der Waals surface area contributed by atoms with E-state index in [1.165, 1.54) is 6.33 Å². The number of anilines is 2. The Morgan fingerprint density at radius 3 is 2.19 bits per heavy atom. The van der Waals surface area contributed by atoms with Crippen LogP contribution in [0.4, 0.5) is 11.9 Å². The van der Waals surface area contributed by atoms with E-state index >= 15 is 0 Å². The van der Waals surface area contributed by atoms with Crippen LogP contribution < -0.4 is 9.80 Å². The minimum atomic E-state index is 0.566. The summed E-state index contributed by atoms with van der Waals surface area (Å²) in [4.78, 5) is 29.4. The van der Waals surface area contributed by atoms with Gasteiger partial charge in [-0.2, -0.15) is 15.0 Å². The summed E-state index contributed by atoms with van der Waals surface area (Å²) in [6.45, 7) is 6.30. The van der Waals surface area contributed by atoms with Crippen molar-refractivity contribution in [2.24, 2.45) is 0 Å². The Balaban J connectivity index is 2.13. The van der Waals surface area contributed by atoms with Gasteiger partial charge in [-0.25, -0.2) is 15.0 Å². The van der Waals surface area contributed by atoms with Crippen LogP contribution in [0, 0.1) is 13.8 Å². The Bertz CT molecular complexity index is 615. The Labute approximate surface area is 124 Å². The topological polar surface area (TPSA) is 83.8 Å². The molecule has 0 atom stereocenters. The maximum atomic E-state index is 4.44. The number of hydrogen-bond donors (Lipinski definition) is 0. The van der Waals surface area contributed by atoms with Gasteiger partial charge in [-0.3, -0.25) is 0 Å². The molecule has 0 fully saturated rings. The number of nitrogens with zero attached hydrogens (tertiary/aromatic N) is 8. The Morgan fingerprint density at radius 1 is 0.857 bits per heavy atom. The van der Waals surface area contributed by atoms with Gasteiger partial charge in [0.05, 0.1) is 6.67 Å². The van der Waals surface area contributed by atoms with Crippen LogP contribution in [-0.4, -0.2) is 50.7 Å². The van der Waals surface area contributed by atoms with Gasteiger partial charge in [-0.05, 0) is 13.8 Å². The molecule has 0 aliphatic rings. The van der Waals surface area contributed by atoms with Gasteiger partial charge < -0.3 is 9.80 Å². The summed E-state index contributed by atoms with van der Waals surface area (Å²) in [5, 5.41) is 0. The lowest BCUT2D eigenvalue weighted by atomic mass is 10.4. The highest BCUT2D eigenvalue weighted by molar-refractivity contribution is 5.34. The van der Waals surface area contributed by atoms with Crippen molar-refractivity contribution in [3.8, 4) is 0 Å². The highest BCUT2D eigenvalue weighted by atomic mass is 15.4. The SMILES string of the molecule is CCc1nc(C)nc(N(C)CN(C)c2ncnc(C)n2)n1. The number of aromatic nitrogens is 6. The zero-order valence-corrected chi connectivity index (χ0v) is 13.1. The summed E-state index contributed by atoms with van der Waals surface area (Å²) in [5.41, 5.74) is 0. The predicted molar refractivity (Wildman–Crippen MR) is 80.2 cm³/mol. The van der Waals surface area contributed by atoms with Crippen LogP contribution in [0.25, 0.3) is 0 Å². The van der Waals surface area contributed by atoms with Crippen molar-refractivity contribution in [3.05, 3.63) is 23.8 Å².